The highest BCUT2D eigenvalue weighted by molar-refractivity contribution is 5.83. The molecule has 3 nitrogen and oxygen atoms in total. The Bertz CT molecular complexity index is 675. The highest BCUT2D eigenvalue weighted by atomic mass is 16.3. The molecule has 0 aliphatic carbocycles. The lowest BCUT2D eigenvalue weighted by Crippen LogP contribution is -2.39. The predicted molar refractivity (Wildman–Crippen MR) is 103 cm³/mol. The van der Waals surface area contributed by atoms with Crippen LogP contribution in [0.3, 0.4) is 0 Å². The molecule has 2 N–H and O–H groups in total. The van der Waals surface area contributed by atoms with Crippen molar-refractivity contribution in [2.45, 2.75) is 45.4 Å². The average molecular weight is 339 g/mol. The van der Waals surface area contributed by atoms with Crippen LogP contribution >= 0.6 is 0 Å². The molecular weight excluding hydrogens is 310 g/mol. The maximum Gasteiger partial charge on any atom is 0.227 e. The molecule has 0 aliphatic rings. The number of nitrogens with one attached hydrogen (secondary N) is 1. The molecule has 0 heterocycles. The summed E-state index contributed by atoms with van der Waals surface area (Å²) in [6.45, 7) is 9.03. The molecule has 0 spiro atoms. The summed E-state index contributed by atoms with van der Waals surface area (Å²) in [5, 5.41) is 12.6. The highest BCUT2D eigenvalue weighted by Gasteiger charge is 2.26. The van der Waals surface area contributed by atoms with E-state index in [-0.39, 0.29) is 23.0 Å². The third-order valence-electron chi connectivity index (χ3n) is 4.58. The zero-order valence-electron chi connectivity index (χ0n) is 15.6. The van der Waals surface area contributed by atoms with Crippen molar-refractivity contribution in [2.24, 2.45) is 5.92 Å². The van der Waals surface area contributed by atoms with E-state index in [2.05, 4.69) is 33.0 Å². The van der Waals surface area contributed by atoms with Crippen molar-refractivity contribution in [1.29, 1.82) is 0 Å². The van der Waals surface area contributed by atoms with Gasteiger partial charge in [0.15, 0.2) is 0 Å². The Morgan fingerprint density at radius 1 is 1.04 bits per heavy atom. The normalized spacial score (nSPS) is 12.8. The third-order valence-corrected chi connectivity index (χ3v) is 4.58. The van der Waals surface area contributed by atoms with E-state index in [0.717, 1.165) is 17.5 Å². The summed E-state index contributed by atoms with van der Waals surface area (Å²) < 4.78 is 0. The van der Waals surface area contributed by atoms with E-state index >= 15 is 0 Å². The molecule has 0 saturated heterocycles. The lowest BCUT2D eigenvalue weighted by Gasteiger charge is -2.27. The lowest BCUT2D eigenvalue weighted by molar-refractivity contribution is -0.123. The Kier molecular flexibility index (Phi) is 6.24. The van der Waals surface area contributed by atoms with Gasteiger partial charge in [0.05, 0.1) is 5.92 Å². The molecule has 0 bridgehead atoms. The second kappa shape index (κ2) is 8.19. The Morgan fingerprint density at radius 2 is 1.64 bits per heavy atom. The molecule has 2 aromatic carbocycles. The SMILES string of the molecule is CC(C)CC(C(=O)NCC(C)(C)c1ccc(O)cc1)c1ccccc1. The minimum absolute atomic E-state index is 0.0757. The van der Waals surface area contributed by atoms with Crippen molar-refractivity contribution >= 4 is 5.91 Å². The van der Waals surface area contributed by atoms with E-state index in [1.165, 1.54) is 0 Å². The summed E-state index contributed by atoms with van der Waals surface area (Å²) in [6.07, 6.45) is 0.829. The van der Waals surface area contributed by atoms with E-state index in [4.69, 9.17) is 0 Å². The molecule has 25 heavy (non-hydrogen) atoms. The number of aromatic hydroxyl groups is 1. The zero-order valence-corrected chi connectivity index (χ0v) is 15.6. The molecule has 0 radical (unpaired) electrons. The minimum Gasteiger partial charge on any atom is -0.508 e. The van der Waals surface area contributed by atoms with Crippen LogP contribution in [0.25, 0.3) is 0 Å². The van der Waals surface area contributed by atoms with Gasteiger partial charge >= 0.3 is 0 Å². The summed E-state index contributed by atoms with van der Waals surface area (Å²) in [6, 6.07) is 17.2. The van der Waals surface area contributed by atoms with Crippen LogP contribution in [0.2, 0.25) is 0 Å². The van der Waals surface area contributed by atoms with E-state index in [9.17, 15) is 9.90 Å². The van der Waals surface area contributed by atoms with Crippen LogP contribution in [-0.4, -0.2) is 17.6 Å². The number of benzene rings is 2. The summed E-state index contributed by atoms with van der Waals surface area (Å²) in [4.78, 5) is 12.9. The number of carbonyl (C=O) groups excluding carboxylic acids is 1. The molecule has 2 aromatic rings. The van der Waals surface area contributed by atoms with Crippen molar-refractivity contribution < 1.29 is 9.90 Å². The van der Waals surface area contributed by atoms with Crippen LogP contribution in [0.4, 0.5) is 0 Å². The number of hydrogen-bond donors (Lipinski definition) is 2. The summed E-state index contributed by atoms with van der Waals surface area (Å²) in [5.74, 6) is 0.647. The van der Waals surface area contributed by atoms with Crippen LogP contribution < -0.4 is 5.32 Å². The van der Waals surface area contributed by atoms with Crippen molar-refractivity contribution in [1.82, 2.24) is 5.32 Å². The topological polar surface area (TPSA) is 49.3 Å². The molecule has 3 heteroatoms. The number of rotatable bonds is 7. The van der Waals surface area contributed by atoms with Crippen LogP contribution in [-0.2, 0) is 10.2 Å². The molecule has 0 aliphatic heterocycles. The molecule has 0 fully saturated rings. The van der Waals surface area contributed by atoms with E-state index < -0.39 is 0 Å². The van der Waals surface area contributed by atoms with Crippen molar-refractivity contribution in [3.05, 3.63) is 65.7 Å². The van der Waals surface area contributed by atoms with E-state index in [0.29, 0.717) is 12.5 Å². The van der Waals surface area contributed by atoms with Gasteiger partial charge in [-0.15, -0.1) is 0 Å². The highest BCUT2D eigenvalue weighted by Crippen LogP contribution is 2.27. The Morgan fingerprint density at radius 3 is 2.20 bits per heavy atom. The first-order valence-corrected chi connectivity index (χ1v) is 8.92. The number of carbonyl (C=O) groups is 1. The van der Waals surface area contributed by atoms with Gasteiger partial charge < -0.3 is 10.4 Å². The van der Waals surface area contributed by atoms with Gasteiger partial charge in [0.2, 0.25) is 5.91 Å². The first-order chi connectivity index (χ1) is 11.8. The van der Waals surface area contributed by atoms with Crippen LogP contribution in [0, 0.1) is 5.92 Å². The van der Waals surface area contributed by atoms with Gasteiger partial charge in [-0.1, -0.05) is 70.2 Å². The molecule has 134 valence electrons. The predicted octanol–water partition coefficient (Wildman–Crippen LogP) is 4.62. The summed E-state index contributed by atoms with van der Waals surface area (Å²) >= 11 is 0. The van der Waals surface area contributed by atoms with Gasteiger partial charge in [0, 0.05) is 12.0 Å². The first-order valence-electron chi connectivity index (χ1n) is 8.92. The largest absolute Gasteiger partial charge is 0.508 e. The lowest BCUT2D eigenvalue weighted by atomic mass is 9.84. The minimum atomic E-state index is -0.206. The smallest absolute Gasteiger partial charge is 0.227 e. The number of amides is 1. The fourth-order valence-electron chi connectivity index (χ4n) is 3.00. The third kappa shape index (κ3) is 5.35. The fourth-order valence-corrected chi connectivity index (χ4v) is 3.00. The summed E-state index contributed by atoms with van der Waals surface area (Å²) in [5.41, 5.74) is 1.95. The average Bonchev–Trinajstić information content (AvgIpc) is 2.58. The number of hydrogen-bond acceptors (Lipinski definition) is 2. The van der Waals surface area contributed by atoms with Crippen molar-refractivity contribution in [3.63, 3.8) is 0 Å². The van der Waals surface area contributed by atoms with Crippen LogP contribution in [0.15, 0.2) is 54.6 Å². The zero-order chi connectivity index (χ0) is 18.4. The fraction of sp³-hybridized carbons (Fsp3) is 0.409. The van der Waals surface area contributed by atoms with Crippen LogP contribution in [0.5, 0.6) is 5.75 Å². The molecule has 1 atom stereocenters. The van der Waals surface area contributed by atoms with Gasteiger partial charge in [0.25, 0.3) is 0 Å². The quantitative estimate of drug-likeness (QED) is 0.773. The second-order valence-corrected chi connectivity index (χ2v) is 7.74. The van der Waals surface area contributed by atoms with E-state index in [1.54, 1.807) is 12.1 Å². The van der Waals surface area contributed by atoms with Gasteiger partial charge in [0.1, 0.15) is 5.75 Å². The van der Waals surface area contributed by atoms with Crippen LogP contribution in [0.1, 0.15) is 51.2 Å². The molecule has 0 saturated carbocycles. The standard InChI is InChI=1S/C22H29NO2/c1-16(2)14-20(17-8-6-5-7-9-17)21(25)23-15-22(3,4)18-10-12-19(24)13-11-18/h5-13,16,20,24H,14-15H2,1-4H3,(H,23,25). The van der Waals surface area contributed by atoms with E-state index in [1.807, 2.05) is 42.5 Å². The summed E-state index contributed by atoms with van der Waals surface area (Å²) in [7, 11) is 0. The van der Waals surface area contributed by atoms with Gasteiger partial charge in [-0.25, -0.2) is 0 Å². The number of phenols is 1. The van der Waals surface area contributed by atoms with Crippen molar-refractivity contribution in [3.8, 4) is 5.75 Å². The monoisotopic (exact) mass is 339 g/mol. The maximum absolute atomic E-state index is 12.9. The Hall–Kier alpha value is -2.29. The molecule has 0 aromatic heterocycles. The molecule has 2 rings (SSSR count). The Balaban J connectivity index is 2.08. The maximum atomic E-state index is 12.9. The van der Waals surface area contributed by atoms with Crippen molar-refractivity contribution in [2.75, 3.05) is 6.54 Å². The number of phenolic OH excluding ortho intramolecular Hbond substituents is 1. The first kappa shape index (κ1) is 19.0. The van der Waals surface area contributed by atoms with Gasteiger partial charge in [-0.05, 0) is 35.6 Å². The van der Waals surface area contributed by atoms with Gasteiger partial charge in [-0.3, -0.25) is 4.79 Å². The molecule has 1 amide bonds. The molecular formula is C22H29NO2. The molecule has 1 unspecified atom stereocenters. The second-order valence-electron chi connectivity index (χ2n) is 7.74. The van der Waals surface area contributed by atoms with Gasteiger partial charge in [-0.2, -0.15) is 0 Å². The Labute approximate surface area is 151 Å².